The predicted molar refractivity (Wildman–Crippen MR) is 126 cm³/mol. The molecule has 0 radical (unpaired) electrons. The Hall–Kier alpha value is -4.80. The van der Waals surface area contributed by atoms with Crippen molar-refractivity contribution in [1.82, 2.24) is 0 Å². The van der Waals surface area contributed by atoms with Crippen LogP contribution in [-0.2, 0) is 0 Å². The van der Waals surface area contributed by atoms with E-state index in [0.29, 0.717) is 28.3 Å². The van der Waals surface area contributed by atoms with Gasteiger partial charge in [-0.3, -0.25) is 0 Å². The molecule has 1 heterocycles. The third kappa shape index (κ3) is 2.48. The van der Waals surface area contributed by atoms with Gasteiger partial charge in [0, 0.05) is 10.8 Å². The zero-order valence-electron chi connectivity index (χ0n) is 16.9. The van der Waals surface area contributed by atoms with Crippen molar-refractivity contribution in [2.45, 2.75) is 0 Å². The zero-order chi connectivity index (χ0) is 21.7. The first-order chi connectivity index (χ1) is 15.8. The molecule has 1 aliphatic rings. The molecule has 148 valence electrons. The Labute approximate surface area is 184 Å². The van der Waals surface area contributed by atoms with Crippen LogP contribution in [0.2, 0.25) is 0 Å². The number of para-hydroxylation sites is 1. The second-order valence-corrected chi connectivity index (χ2v) is 7.63. The second kappa shape index (κ2) is 6.87. The molecule has 0 aliphatic carbocycles. The molecule has 0 atom stereocenters. The first-order valence-electron chi connectivity index (χ1n) is 10.2. The molecule has 32 heavy (non-hydrogen) atoms. The summed E-state index contributed by atoms with van der Waals surface area (Å²) in [5.41, 5.74) is 3.03. The largest absolute Gasteiger partial charge is 0.452 e. The van der Waals surface area contributed by atoms with Gasteiger partial charge in [0.1, 0.15) is 12.1 Å². The number of nitrogens with zero attached hydrogens (tertiary/aromatic N) is 3. The fourth-order valence-corrected chi connectivity index (χ4v) is 4.47. The van der Waals surface area contributed by atoms with Crippen LogP contribution in [0.15, 0.2) is 91.0 Å². The van der Waals surface area contributed by atoms with Crippen molar-refractivity contribution in [3.05, 3.63) is 102 Å². The summed E-state index contributed by atoms with van der Waals surface area (Å²) in [4.78, 5) is 1.99. The zero-order valence-corrected chi connectivity index (χ0v) is 16.9. The molecule has 0 fully saturated rings. The Bertz CT molecular complexity index is 1520. The molecule has 5 aromatic carbocycles. The highest BCUT2D eigenvalue weighted by atomic mass is 16.5. The van der Waals surface area contributed by atoms with Crippen LogP contribution in [0.25, 0.3) is 21.5 Å². The van der Waals surface area contributed by atoms with Crippen LogP contribution in [0.5, 0.6) is 11.5 Å². The maximum atomic E-state index is 9.89. The van der Waals surface area contributed by atoms with Crippen molar-refractivity contribution in [3.63, 3.8) is 0 Å². The van der Waals surface area contributed by atoms with E-state index in [1.54, 1.807) is 18.2 Å². The van der Waals surface area contributed by atoms with Gasteiger partial charge in [-0.25, -0.2) is 0 Å². The highest BCUT2D eigenvalue weighted by Crippen LogP contribution is 2.55. The number of benzene rings is 5. The minimum absolute atomic E-state index is 0.434. The lowest BCUT2D eigenvalue weighted by molar-refractivity contribution is 0.488. The first kappa shape index (κ1) is 18.0. The number of hydrogen-bond donors (Lipinski definition) is 0. The molecule has 0 unspecified atom stereocenters. The van der Waals surface area contributed by atoms with E-state index in [0.717, 1.165) is 32.9 Å². The van der Waals surface area contributed by atoms with Gasteiger partial charge in [-0.05, 0) is 35.0 Å². The molecule has 0 N–H and O–H groups in total. The smallest absolute Gasteiger partial charge is 0.159 e. The monoisotopic (exact) mass is 409 g/mol. The molecule has 4 heteroatoms. The molecule has 0 saturated heterocycles. The number of fused-ring (bicyclic) bond motifs is 6. The Morgan fingerprint density at radius 1 is 0.562 bits per heavy atom. The molecule has 5 aromatic rings. The SMILES string of the molecule is N#Cc1cccc(C#N)c1N1c2ccc3ccccc3c2Oc2c1ccc1ccccc21. The van der Waals surface area contributed by atoms with E-state index in [4.69, 9.17) is 4.74 Å². The van der Waals surface area contributed by atoms with Crippen LogP contribution >= 0.6 is 0 Å². The van der Waals surface area contributed by atoms with Gasteiger partial charge in [0.05, 0.1) is 28.2 Å². The van der Waals surface area contributed by atoms with Crippen LogP contribution < -0.4 is 9.64 Å². The Kier molecular flexibility index (Phi) is 3.87. The summed E-state index contributed by atoms with van der Waals surface area (Å²) in [6, 6.07) is 33.9. The van der Waals surface area contributed by atoms with Gasteiger partial charge in [0.15, 0.2) is 11.5 Å². The Balaban J connectivity index is 1.77. The standard InChI is InChI=1S/C28H15N3O/c29-16-20-8-5-9-21(17-30)26(20)31-24-14-12-18-6-1-3-10-22(18)27(24)32-28-23-11-4-2-7-19(23)13-15-25(28)31/h1-15H. The minimum atomic E-state index is 0.434. The molecule has 0 spiro atoms. The Morgan fingerprint density at radius 2 is 1.06 bits per heavy atom. The molecule has 0 saturated carbocycles. The van der Waals surface area contributed by atoms with Crippen LogP contribution in [0.4, 0.5) is 17.1 Å². The van der Waals surface area contributed by atoms with E-state index >= 15 is 0 Å². The molecule has 1 aliphatic heterocycles. The number of anilines is 3. The van der Waals surface area contributed by atoms with Gasteiger partial charge in [0.25, 0.3) is 0 Å². The van der Waals surface area contributed by atoms with Crippen LogP contribution in [-0.4, -0.2) is 0 Å². The Morgan fingerprint density at radius 3 is 1.56 bits per heavy atom. The maximum absolute atomic E-state index is 9.89. The van der Waals surface area contributed by atoms with Gasteiger partial charge >= 0.3 is 0 Å². The lowest BCUT2D eigenvalue weighted by Crippen LogP contribution is -2.18. The van der Waals surface area contributed by atoms with Gasteiger partial charge in [0.2, 0.25) is 0 Å². The number of nitriles is 2. The van der Waals surface area contributed by atoms with Crippen molar-refractivity contribution in [2.75, 3.05) is 4.90 Å². The fourth-order valence-electron chi connectivity index (χ4n) is 4.47. The minimum Gasteiger partial charge on any atom is -0.452 e. The molecule has 0 aromatic heterocycles. The highest BCUT2D eigenvalue weighted by Gasteiger charge is 2.31. The summed E-state index contributed by atoms with van der Waals surface area (Å²) in [7, 11) is 0. The quantitative estimate of drug-likeness (QED) is 0.286. The lowest BCUT2D eigenvalue weighted by atomic mass is 9.99. The van der Waals surface area contributed by atoms with Crippen molar-refractivity contribution >= 4 is 38.6 Å². The molecule has 0 bridgehead atoms. The maximum Gasteiger partial charge on any atom is 0.159 e. The average Bonchev–Trinajstić information content (AvgIpc) is 2.86. The summed E-state index contributed by atoms with van der Waals surface area (Å²) in [5.74, 6) is 1.42. The van der Waals surface area contributed by atoms with E-state index in [1.807, 2.05) is 77.7 Å². The van der Waals surface area contributed by atoms with E-state index in [2.05, 4.69) is 12.1 Å². The summed E-state index contributed by atoms with van der Waals surface area (Å²) < 4.78 is 6.60. The van der Waals surface area contributed by atoms with Crippen molar-refractivity contribution in [1.29, 1.82) is 10.5 Å². The number of rotatable bonds is 1. The molecule has 0 amide bonds. The molecule has 6 rings (SSSR count). The average molecular weight is 409 g/mol. The lowest BCUT2D eigenvalue weighted by Gasteiger charge is -2.35. The van der Waals surface area contributed by atoms with E-state index < -0.39 is 0 Å². The highest BCUT2D eigenvalue weighted by molar-refractivity contribution is 6.05. The molecular formula is C28H15N3O. The van der Waals surface area contributed by atoms with E-state index in [1.165, 1.54) is 0 Å². The van der Waals surface area contributed by atoms with Crippen molar-refractivity contribution < 1.29 is 4.74 Å². The van der Waals surface area contributed by atoms with Crippen LogP contribution in [0, 0.1) is 22.7 Å². The first-order valence-corrected chi connectivity index (χ1v) is 10.2. The van der Waals surface area contributed by atoms with Gasteiger partial charge in [-0.1, -0.05) is 66.7 Å². The number of ether oxygens (including phenoxy) is 1. The molecular weight excluding hydrogens is 394 g/mol. The summed E-state index contributed by atoms with van der Waals surface area (Å²) in [6.45, 7) is 0. The predicted octanol–water partition coefficient (Wildman–Crippen LogP) is 7.31. The summed E-state index contributed by atoms with van der Waals surface area (Å²) >= 11 is 0. The van der Waals surface area contributed by atoms with Crippen molar-refractivity contribution in [2.24, 2.45) is 0 Å². The molecule has 4 nitrogen and oxygen atoms in total. The fraction of sp³-hybridized carbons (Fsp3) is 0. The van der Waals surface area contributed by atoms with Gasteiger partial charge < -0.3 is 9.64 Å². The van der Waals surface area contributed by atoms with Gasteiger partial charge in [-0.2, -0.15) is 10.5 Å². The normalized spacial score (nSPS) is 11.9. The second-order valence-electron chi connectivity index (χ2n) is 7.63. The van der Waals surface area contributed by atoms with E-state index in [9.17, 15) is 10.5 Å². The van der Waals surface area contributed by atoms with Crippen LogP contribution in [0.1, 0.15) is 11.1 Å². The summed E-state index contributed by atoms with van der Waals surface area (Å²) in [5, 5.41) is 23.8. The third-order valence-corrected chi connectivity index (χ3v) is 5.90. The van der Waals surface area contributed by atoms with Gasteiger partial charge in [-0.15, -0.1) is 0 Å². The topological polar surface area (TPSA) is 60.0 Å². The van der Waals surface area contributed by atoms with Crippen molar-refractivity contribution in [3.8, 4) is 23.6 Å². The summed E-state index contributed by atoms with van der Waals surface area (Å²) in [6.07, 6.45) is 0. The third-order valence-electron chi connectivity index (χ3n) is 5.90. The van der Waals surface area contributed by atoms with E-state index in [-0.39, 0.29) is 0 Å². The van der Waals surface area contributed by atoms with Crippen LogP contribution in [0.3, 0.4) is 0 Å². The number of hydrogen-bond acceptors (Lipinski definition) is 4.